The molecule has 0 radical (unpaired) electrons. The van der Waals surface area contributed by atoms with Crippen molar-refractivity contribution in [2.45, 2.75) is 20.8 Å². The molecule has 0 unspecified atom stereocenters. The lowest BCUT2D eigenvalue weighted by molar-refractivity contribution is 0.882. The first-order valence-corrected chi connectivity index (χ1v) is 9.57. The molecular formula is C26H24N2. The van der Waals surface area contributed by atoms with Crippen molar-refractivity contribution in [1.29, 1.82) is 0 Å². The van der Waals surface area contributed by atoms with E-state index >= 15 is 0 Å². The number of benzene rings is 3. The predicted molar refractivity (Wildman–Crippen MR) is 119 cm³/mol. The average molecular weight is 364 g/mol. The first-order valence-electron chi connectivity index (χ1n) is 9.57. The minimum atomic E-state index is 0.941. The molecule has 0 amide bonds. The van der Waals surface area contributed by atoms with Crippen LogP contribution in [0.15, 0.2) is 78.9 Å². The highest BCUT2D eigenvalue weighted by atomic mass is 15.3. The van der Waals surface area contributed by atoms with E-state index in [-0.39, 0.29) is 0 Å². The number of aromatic nitrogens is 2. The molecule has 3 aromatic carbocycles. The van der Waals surface area contributed by atoms with Crippen molar-refractivity contribution < 1.29 is 0 Å². The first kappa shape index (κ1) is 18.0. The summed E-state index contributed by atoms with van der Waals surface area (Å²) >= 11 is 0. The first-order chi connectivity index (χ1) is 13.6. The van der Waals surface area contributed by atoms with Crippen LogP contribution in [0.5, 0.6) is 0 Å². The van der Waals surface area contributed by atoms with Gasteiger partial charge < -0.3 is 0 Å². The van der Waals surface area contributed by atoms with Crippen molar-refractivity contribution in [2.75, 3.05) is 0 Å². The van der Waals surface area contributed by atoms with Gasteiger partial charge in [0, 0.05) is 5.56 Å². The molecule has 0 saturated carbocycles. The highest BCUT2D eigenvalue weighted by Gasteiger charge is 2.10. The molecule has 0 fully saturated rings. The van der Waals surface area contributed by atoms with Crippen LogP contribution in [0.25, 0.3) is 29.1 Å². The second kappa shape index (κ2) is 7.69. The normalized spacial score (nSPS) is 11.2. The lowest BCUT2D eigenvalue weighted by Crippen LogP contribution is -1.99. The standard InChI is InChI=1S/C26H24N2/c1-19-4-10-22(11-5-19)12-15-24-18-26(23-13-6-20(2)7-14-23)28(27-24)25-16-8-21(3)9-17-25/h4-18H,1-3H3/b15-12+. The minimum Gasteiger partial charge on any atom is -0.233 e. The van der Waals surface area contributed by atoms with Crippen LogP contribution < -0.4 is 0 Å². The topological polar surface area (TPSA) is 17.8 Å². The van der Waals surface area contributed by atoms with Gasteiger partial charge in [-0.15, -0.1) is 0 Å². The molecule has 1 aromatic heterocycles. The summed E-state index contributed by atoms with van der Waals surface area (Å²) in [6, 6.07) is 27.7. The SMILES string of the molecule is Cc1ccc(/C=C/c2cc(-c3ccc(C)cc3)n(-c3ccc(C)cc3)n2)cc1. The maximum absolute atomic E-state index is 4.87. The molecule has 1 heterocycles. The second-order valence-corrected chi connectivity index (χ2v) is 7.31. The molecule has 0 aliphatic rings. The lowest BCUT2D eigenvalue weighted by atomic mass is 10.1. The Morgan fingerprint density at radius 3 is 1.79 bits per heavy atom. The molecule has 0 spiro atoms. The van der Waals surface area contributed by atoms with Crippen LogP contribution in [0.4, 0.5) is 0 Å². The number of aryl methyl sites for hydroxylation is 3. The van der Waals surface area contributed by atoms with E-state index in [9.17, 15) is 0 Å². The zero-order valence-corrected chi connectivity index (χ0v) is 16.6. The lowest BCUT2D eigenvalue weighted by Gasteiger charge is -2.08. The number of hydrogen-bond donors (Lipinski definition) is 0. The van der Waals surface area contributed by atoms with Gasteiger partial charge >= 0.3 is 0 Å². The van der Waals surface area contributed by atoms with Gasteiger partial charge in [-0.1, -0.05) is 83.4 Å². The smallest absolute Gasteiger partial charge is 0.0862 e. The summed E-state index contributed by atoms with van der Waals surface area (Å²) in [7, 11) is 0. The third kappa shape index (κ3) is 3.96. The van der Waals surface area contributed by atoms with Crippen molar-refractivity contribution in [2.24, 2.45) is 0 Å². The van der Waals surface area contributed by atoms with E-state index in [4.69, 9.17) is 5.10 Å². The van der Waals surface area contributed by atoms with E-state index in [2.05, 4.69) is 112 Å². The van der Waals surface area contributed by atoms with Crippen molar-refractivity contribution in [3.05, 3.63) is 107 Å². The van der Waals surface area contributed by atoms with Gasteiger partial charge in [-0.25, -0.2) is 4.68 Å². The maximum Gasteiger partial charge on any atom is 0.0862 e. The molecule has 4 aromatic rings. The molecule has 0 aliphatic heterocycles. The Labute approximate surface area is 166 Å². The van der Waals surface area contributed by atoms with E-state index in [1.807, 2.05) is 4.68 Å². The minimum absolute atomic E-state index is 0.941. The molecule has 0 bridgehead atoms. The van der Waals surface area contributed by atoms with E-state index < -0.39 is 0 Å². The largest absolute Gasteiger partial charge is 0.233 e. The zero-order chi connectivity index (χ0) is 19.5. The van der Waals surface area contributed by atoms with Crippen molar-refractivity contribution >= 4 is 12.2 Å². The van der Waals surface area contributed by atoms with Crippen LogP contribution in [0.3, 0.4) is 0 Å². The predicted octanol–water partition coefficient (Wildman–Crippen LogP) is 6.63. The monoisotopic (exact) mass is 364 g/mol. The fourth-order valence-corrected chi connectivity index (χ4v) is 3.15. The molecule has 0 N–H and O–H groups in total. The van der Waals surface area contributed by atoms with Crippen LogP contribution in [-0.4, -0.2) is 9.78 Å². The molecule has 28 heavy (non-hydrogen) atoms. The third-order valence-corrected chi connectivity index (χ3v) is 4.88. The quantitative estimate of drug-likeness (QED) is 0.397. The van der Waals surface area contributed by atoms with Gasteiger partial charge in [0.2, 0.25) is 0 Å². The summed E-state index contributed by atoms with van der Waals surface area (Å²) in [5.41, 5.74) is 9.20. The van der Waals surface area contributed by atoms with E-state index in [1.54, 1.807) is 0 Å². The second-order valence-electron chi connectivity index (χ2n) is 7.31. The zero-order valence-electron chi connectivity index (χ0n) is 16.6. The summed E-state index contributed by atoms with van der Waals surface area (Å²) < 4.78 is 2.03. The Hall–Kier alpha value is -3.39. The van der Waals surface area contributed by atoms with Gasteiger partial charge in [-0.3, -0.25) is 0 Å². The fourth-order valence-electron chi connectivity index (χ4n) is 3.15. The summed E-state index contributed by atoms with van der Waals surface area (Å²) in [6.07, 6.45) is 4.19. The van der Waals surface area contributed by atoms with Crippen molar-refractivity contribution in [1.82, 2.24) is 9.78 Å². The van der Waals surface area contributed by atoms with Crippen LogP contribution in [0.1, 0.15) is 27.9 Å². The van der Waals surface area contributed by atoms with Gasteiger partial charge in [0.15, 0.2) is 0 Å². The van der Waals surface area contributed by atoms with Gasteiger partial charge in [0.1, 0.15) is 0 Å². The molecule has 0 atom stereocenters. The summed E-state index contributed by atoms with van der Waals surface area (Å²) in [4.78, 5) is 0. The van der Waals surface area contributed by atoms with Crippen LogP contribution in [-0.2, 0) is 0 Å². The van der Waals surface area contributed by atoms with Crippen molar-refractivity contribution in [3.63, 3.8) is 0 Å². The molecule has 2 nitrogen and oxygen atoms in total. The number of rotatable bonds is 4. The molecule has 0 saturated heterocycles. The molecule has 2 heteroatoms. The molecule has 138 valence electrons. The van der Waals surface area contributed by atoms with Crippen molar-refractivity contribution in [3.8, 4) is 16.9 Å². The fraction of sp³-hybridized carbons (Fsp3) is 0.115. The van der Waals surface area contributed by atoms with Gasteiger partial charge in [0.25, 0.3) is 0 Å². The Kier molecular flexibility index (Phi) is 4.94. The molecule has 4 rings (SSSR count). The van der Waals surface area contributed by atoms with Gasteiger partial charge in [-0.2, -0.15) is 5.10 Å². The maximum atomic E-state index is 4.87. The highest BCUT2D eigenvalue weighted by Crippen LogP contribution is 2.25. The number of nitrogens with zero attached hydrogens (tertiary/aromatic N) is 2. The Balaban J connectivity index is 1.76. The van der Waals surface area contributed by atoms with Crippen LogP contribution in [0.2, 0.25) is 0 Å². The van der Waals surface area contributed by atoms with Gasteiger partial charge in [0.05, 0.1) is 17.1 Å². The molecular weight excluding hydrogens is 340 g/mol. The Bertz CT molecular complexity index is 1030. The third-order valence-electron chi connectivity index (χ3n) is 4.88. The van der Waals surface area contributed by atoms with E-state index in [0.29, 0.717) is 0 Å². The van der Waals surface area contributed by atoms with Crippen LogP contribution in [0, 0.1) is 20.8 Å². The Morgan fingerprint density at radius 2 is 1.18 bits per heavy atom. The van der Waals surface area contributed by atoms with E-state index in [1.165, 1.54) is 22.3 Å². The van der Waals surface area contributed by atoms with Crippen LogP contribution >= 0.6 is 0 Å². The summed E-state index contributed by atoms with van der Waals surface area (Å²) in [6.45, 7) is 6.31. The van der Waals surface area contributed by atoms with Gasteiger partial charge in [-0.05, 0) is 50.6 Å². The highest BCUT2D eigenvalue weighted by molar-refractivity contribution is 5.72. The Morgan fingerprint density at radius 1 is 0.643 bits per heavy atom. The molecule has 0 aliphatic carbocycles. The average Bonchev–Trinajstić information content (AvgIpc) is 3.13. The summed E-state index contributed by atoms with van der Waals surface area (Å²) in [5, 5.41) is 4.87. The number of hydrogen-bond acceptors (Lipinski definition) is 1. The van der Waals surface area contributed by atoms with E-state index in [0.717, 1.165) is 22.6 Å². The summed E-state index contributed by atoms with van der Waals surface area (Å²) in [5.74, 6) is 0.